The second kappa shape index (κ2) is 9.27. The van der Waals surface area contributed by atoms with E-state index in [-0.39, 0.29) is 5.91 Å². The fraction of sp³-hybridized carbons (Fsp3) is 0.278. The lowest BCUT2D eigenvalue weighted by atomic mass is 10.1. The molecule has 128 valence electrons. The van der Waals surface area contributed by atoms with Crippen molar-refractivity contribution in [2.24, 2.45) is 0 Å². The summed E-state index contributed by atoms with van der Waals surface area (Å²) in [5.41, 5.74) is 1.25. The first-order valence-electron chi connectivity index (χ1n) is 7.46. The number of hydrogen-bond donors (Lipinski definition) is 1. The average Bonchev–Trinajstić information content (AvgIpc) is 2.59. The molecule has 0 heterocycles. The van der Waals surface area contributed by atoms with Gasteiger partial charge in [0.05, 0.1) is 17.3 Å². The Balaban J connectivity index is 2.17. The van der Waals surface area contributed by atoms with Crippen LogP contribution in [-0.2, 0) is 14.3 Å². The largest absolute Gasteiger partial charge is 0.487 e. The fourth-order valence-corrected chi connectivity index (χ4v) is 2.43. The van der Waals surface area contributed by atoms with Crippen LogP contribution in [0.3, 0.4) is 0 Å². The predicted octanol–water partition coefficient (Wildman–Crippen LogP) is 3.69. The molecule has 0 aliphatic carbocycles. The van der Waals surface area contributed by atoms with Gasteiger partial charge in [-0.3, -0.25) is 4.79 Å². The number of benzene rings is 2. The third-order valence-electron chi connectivity index (χ3n) is 3.33. The highest BCUT2D eigenvalue weighted by atomic mass is 35.5. The first-order valence-corrected chi connectivity index (χ1v) is 7.84. The summed E-state index contributed by atoms with van der Waals surface area (Å²) >= 11 is 6.17. The van der Waals surface area contributed by atoms with Crippen molar-refractivity contribution in [3.8, 4) is 5.75 Å². The van der Waals surface area contributed by atoms with E-state index in [1.165, 1.54) is 7.11 Å². The highest BCUT2D eigenvalue weighted by Crippen LogP contribution is 2.33. The number of nitrogens with one attached hydrogen (secondary N) is 1. The lowest BCUT2D eigenvalue weighted by molar-refractivity contribution is -0.126. The van der Waals surface area contributed by atoms with E-state index in [9.17, 15) is 4.79 Å². The van der Waals surface area contributed by atoms with Crippen molar-refractivity contribution in [2.45, 2.75) is 6.10 Å². The molecule has 0 spiro atoms. The van der Waals surface area contributed by atoms with Crippen LogP contribution in [-0.4, -0.2) is 33.3 Å². The average molecular weight is 350 g/mol. The normalized spacial score (nSPS) is 11.8. The SMILES string of the molecule is COCCOc1c(Cl)cccc1NC(=O)C(OC)c1ccccc1. The molecule has 0 fully saturated rings. The maximum Gasteiger partial charge on any atom is 0.258 e. The number of methoxy groups -OCH3 is 2. The smallest absolute Gasteiger partial charge is 0.258 e. The highest BCUT2D eigenvalue weighted by molar-refractivity contribution is 6.32. The number of hydrogen-bond acceptors (Lipinski definition) is 4. The summed E-state index contributed by atoms with van der Waals surface area (Å²) in [6.45, 7) is 0.749. The lowest BCUT2D eigenvalue weighted by Crippen LogP contribution is -2.23. The molecule has 6 heteroatoms. The summed E-state index contributed by atoms with van der Waals surface area (Å²) in [7, 11) is 3.08. The van der Waals surface area contributed by atoms with Gasteiger partial charge in [-0.05, 0) is 17.7 Å². The second-order valence-electron chi connectivity index (χ2n) is 4.97. The maximum atomic E-state index is 12.6. The molecule has 1 amide bonds. The Morgan fingerprint density at radius 2 is 1.83 bits per heavy atom. The second-order valence-corrected chi connectivity index (χ2v) is 5.38. The standard InChI is InChI=1S/C18H20ClNO4/c1-22-11-12-24-17-14(19)9-6-10-15(17)20-18(21)16(23-2)13-7-4-3-5-8-13/h3-10,16H,11-12H2,1-2H3,(H,20,21). The summed E-state index contributed by atoms with van der Waals surface area (Å²) in [5.74, 6) is 0.107. The van der Waals surface area contributed by atoms with Gasteiger partial charge in [0, 0.05) is 14.2 Å². The number of halogens is 1. The van der Waals surface area contributed by atoms with Crippen LogP contribution in [0.15, 0.2) is 48.5 Å². The van der Waals surface area contributed by atoms with Crippen molar-refractivity contribution < 1.29 is 19.0 Å². The van der Waals surface area contributed by atoms with Crippen molar-refractivity contribution in [1.29, 1.82) is 0 Å². The Morgan fingerprint density at radius 1 is 1.08 bits per heavy atom. The molecule has 0 aliphatic heterocycles. The van der Waals surface area contributed by atoms with Gasteiger partial charge in [0.15, 0.2) is 11.9 Å². The van der Waals surface area contributed by atoms with Gasteiger partial charge in [0.25, 0.3) is 5.91 Å². The van der Waals surface area contributed by atoms with Crippen LogP contribution in [0.25, 0.3) is 0 Å². The van der Waals surface area contributed by atoms with Gasteiger partial charge in [0.1, 0.15) is 6.61 Å². The van der Waals surface area contributed by atoms with E-state index in [4.69, 9.17) is 25.8 Å². The highest BCUT2D eigenvalue weighted by Gasteiger charge is 2.21. The van der Waals surface area contributed by atoms with Crippen LogP contribution < -0.4 is 10.1 Å². The summed E-state index contributed by atoms with van der Waals surface area (Å²) in [6, 6.07) is 14.4. The molecule has 24 heavy (non-hydrogen) atoms. The van der Waals surface area contributed by atoms with Crippen molar-refractivity contribution in [1.82, 2.24) is 0 Å². The molecule has 0 bridgehead atoms. The lowest BCUT2D eigenvalue weighted by Gasteiger charge is -2.18. The van der Waals surface area contributed by atoms with E-state index in [1.54, 1.807) is 25.3 Å². The molecule has 0 aromatic heterocycles. The van der Waals surface area contributed by atoms with E-state index >= 15 is 0 Å². The molecule has 0 aliphatic rings. The Kier molecular flexibility index (Phi) is 7.06. The summed E-state index contributed by atoms with van der Waals surface area (Å²) in [4.78, 5) is 12.6. The third-order valence-corrected chi connectivity index (χ3v) is 3.63. The summed E-state index contributed by atoms with van der Waals surface area (Å²) in [5, 5.41) is 3.23. The van der Waals surface area contributed by atoms with Gasteiger partial charge in [-0.1, -0.05) is 48.0 Å². The van der Waals surface area contributed by atoms with Gasteiger partial charge >= 0.3 is 0 Å². The minimum atomic E-state index is -0.725. The van der Waals surface area contributed by atoms with Crippen LogP contribution >= 0.6 is 11.6 Å². The molecule has 1 unspecified atom stereocenters. The van der Waals surface area contributed by atoms with Crippen molar-refractivity contribution in [3.05, 3.63) is 59.1 Å². The molecule has 0 radical (unpaired) electrons. The third kappa shape index (κ3) is 4.71. The quantitative estimate of drug-likeness (QED) is 0.738. The zero-order valence-electron chi connectivity index (χ0n) is 13.6. The van der Waals surface area contributed by atoms with Crippen LogP contribution in [0.4, 0.5) is 5.69 Å². The monoisotopic (exact) mass is 349 g/mol. The van der Waals surface area contributed by atoms with Crippen LogP contribution in [0.1, 0.15) is 11.7 Å². The minimum absolute atomic E-state index is 0.303. The van der Waals surface area contributed by atoms with Crippen molar-refractivity contribution >= 4 is 23.2 Å². The topological polar surface area (TPSA) is 56.8 Å². The number of anilines is 1. The van der Waals surface area contributed by atoms with Crippen LogP contribution in [0, 0.1) is 0 Å². The molecule has 1 atom stereocenters. The molecular weight excluding hydrogens is 330 g/mol. The van der Waals surface area contributed by atoms with Crippen molar-refractivity contribution in [3.63, 3.8) is 0 Å². The first kappa shape index (κ1) is 18.3. The summed E-state index contributed by atoms with van der Waals surface area (Å²) in [6.07, 6.45) is -0.725. The Morgan fingerprint density at radius 3 is 2.50 bits per heavy atom. The first-order chi connectivity index (χ1) is 11.7. The molecule has 0 saturated carbocycles. The zero-order valence-corrected chi connectivity index (χ0v) is 14.4. The fourth-order valence-electron chi connectivity index (χ4n) is 2.20. The van der Waals surface area contributed by atoms with Gasteiger partial charge < -0.3 is 19.5 Å². The molecule has 2 aromatic carbocycles. The van der Waals surface area contributed by atoms with E-state index in [0.29, 0.717) is 29.7 Å². The Hall–Kier alpha value is -2.08. The molecule has 2 aromatic rings. The van der Waals surface area contributed by atoms with E-state index in [1.807, 2.05) is 30.3 Å². The zero-order chi connectivity index (χ0) is 17.4. The predicted molar refractivity (Wildman–Crippen MR) is 93.6 cm³/mol. The van der Waals surface area contributed by atoms with Crippen LogP contribution in [0.2, 0.25) is 5.02 Å². The summed E-state index contributed by atoms with van der Waals surface area (Å²) < 4.78 is 15.9. The van der Waals surface area contributed by atoms with Gasteiger partial charge in [0.2, 0.25) is 0 Å². The molecule has 2 rings (SSSR count). The van der Waals surface area contributed by atoms with E-state index < -0.39 is 6.10 Å². The van der Waals surface area contributed by atoms with Crippen molar-refractivity contribution in [2.75, 3.05) is 32.8 Å². The van der Waals surface area contributed by atoms with E-state index in [0.717, 1.165) is 5.56 Å². The van der Waals surface area contributed by atoms with Crippen LogP contribution in [0.5, 0.6) is 5.75 Å². The van der Waals surface area contributed by atoms with Gasteiger partial charge in [-0.15, -0.1) is 0 Å². The maximum absolute atomic E-state index is 12.6. The van der Waals surface area contributed by atoms with E-state index in [2.05, 4.69) is 5.32 Å². The number of ether oxygens (including phenoxy) is 3. The number of carbonyl (C=O) groups excluding carboxylic acids is 1. The molecule has 1 N–H and O–H groups in total. The molecule has 0 saturated heterocycles. The number of para-hydroxylation sites is 1. The minimum Gasteiger partial charge on any atom is -0.487 e. The van der Waals surface area contributed by atoms with Gasteiger partial charge in [-0.2, -0.15) is 0 Å². The number of carbonyl (C=O) groups is 1. The number of amides is 1. The molecular formula is C18H20ClNO4. The van der Waals surface area contributed by atoms with Gasteiger partial charge in [-0.25, -0.2) is 0 Å². The Labute approximate surface area is 146 Å². The molecule has 5 nitrogen and oxygen atoms in total. The Bertz CT molecular complexity index is 663. The number of rotatable bonds is 8.